The molecule has 1 aromatic heterocycles. The van der Waals surface area contributed by atoms with Gasteiger partial charge in [0.05, 0.1) is 40.4 Å². The first-order valence-corrected chi connectivity index (χ1v) is 13.8. The van der Waals surface area contributed by atoms with E-state index in [9.17, 15) is 12.8 Å². The van der Waals surface area contributed by atoms with Crippen LogP contribution in [0.25, 0.3) is 0 Å². The van der Waals surface area contributed by atoms with Gasteiger partial charge >= 0.3 is 0 Å². The molecule has 3 aromatic rings. The van der Waals surface area contributed by atoms with Crippen molar-refractivity contribution in [3.63, 3.8) is 0 Å². The molecule has 4 rings (SSSR count). The molecule has 38 heavy (non-hydrogen) atoms. The highest BCUT2D eigenvalue weighted by Gasteiger charge is 2.23. The molecule has 0 bridgehead atoms. The SMILES string of the molecule is CC(C)Oc1cc(N2C=NN(C)CC2)ccc1Nc1ncc(F)c(Nc2ccccc2S(=O)(=O)C(C)C)n1. The number of anilines is 5. The lowest BCUT2D eigenvalue weighted by atomic mass is 10.2. The number of nitrogens with one attached hydrogen (secondary N) is 2. The fourth-order valence-electron chi connectivity index (χ4n) is 3.69. The molecule has 0 saturated carbocycles. The van der Waals surface area contributed by atoms with Gasteiger partial charge in [-0.05, 0) is 52.0 Å². The molecule has 1 aliphatic rings. The summed E-state index contributed by atoms with van der Waals surface area (Å²) in [5.74, 6) is -0.206. The van der Waals surface area contributed by atoms with Crippen molar-refractivity contribution in [1.29, 1.82) is 0 Å². The molecule has 0 fully saturated rings. The number of hydrogen-bond acceptors (Lipinski definition) is 10. The molecule has 0 aliphatic carbocycles. The summed E-state index contributed by atoms with van der Waals surface area (Å²) in [5, 5.41) is 11.5. The van der Waals surface area contributed by atoms with Crippen LogP contribution in [0.3, 0.4) is 0 Å². The van der Waals surface area contributed by atoms with Gasteiger partial charge < -0.3 is 20.3 Å². The van der Waals surface area contributed by atoms with Gasteiger partial charge in [0, 0.05) is 25.3 Å². The standard InChI is InChI=1S/C26H32FN7O3S/c1-17(2)37-23-14-19(34-13-12-33(5)29-16-34)10-11-21(23)31-26-28-15-20(27)25(32-26)30-22-8-6-7-9-24(22)38(35,36)18(3)4/h6-11,14-18H,12-13H2,1-5H3,(H2,28,30,31,32). The molecule has 2 heterocycles. The molecule has 202 valence electrons. The monoisotopic (exact) mass is 541 g/mol. The zero-order chi connectivity index (χ0) is 27.4. The lowest BCUT2D eigenvalue weighted by Gasteiger charge is -2.28. The predicted molar refractivity (Wildman–Crippen MR) is 148 cm³/mol. The second-order valence-electron chi connectivity index (χ2n) is 9.38. The van der Waals surface area contributed by atoms with E-state index < -0.39 is 20.9 Å². The third-order valence-electron chi connectivity index (χ3n) is 5.77. The van der Waals surface area contributed by atoms with Gasteiger partial charge in [0.15, 0.2) is 21.5 Å². The lowest BCUT2D eigenvalue weighted by molar-refractivity contribution is 0.244. The summed E-state index contributed by atoms with van der Waals surface area (Å²) in [4.78, 5) is 10.4. The number of hydrazone groups is 1. The average molecular weight is 542 g/mol. The summed E-state index contributed by atoms with van der Waals surface area (Å²) >= 11 is 0. The largest absolute Gasteiger partial charge is 0.489 e. The van der Waals surface area contributed by atoms with Crippen LogP contribution < -0.4 is 20.3 Å². The van der Waals surface area contributed by atoms with Crippen LogP contribution >= 0.6 is 0 Å². The molecular weight excluding hydrogens is 509 g/mol. The highest BCUT2D eigenvalue weighted by molar-refractivity contribution is 7.92. The van der Waals surface area contributed by atoms with Crippen molar-refractivity contribution in [3.05, 3.63) is 54.5 Å². The molecule has 0 spiro atoms. The van der Waals surface area contributed by atoms with Gasteiger partial charge in [-0.1, -0.05) is 12.1 Å². The van der Waals surface area contributed by atoms with E-state index in [0.29, 0.717) is 11.4 Å². The average Bonchev–Trinajstić information content (AvgIpc) is 2.87. The number of halogens is 1. The maximum Gasteiger partial charge on any atom is 0.229 e. The zero-order valence-corrected chi connectivity index (χ0v) is 22.8. The van der Waals surface area contributed by atoms with Crippen molar-refractivity contribution in [2.75, 3.05) is 35.7 Å². The number of benzene rings is 2. The Hall–Kier alpha value is -3.93. The van der Waals surface area contributed by atoms with Crippen molar-refractivity contribution in [3.8, 4) is 5.75 Å². The molecule has 2 aromatic carbocycles. The lowest BCUT2D eigenvalue weighted by Crippen LogP contribution is -2.35. The van der Waals surface area contributed by atoms with Crippen LogP contribution in [-0.2, 0) is 9.84 Å². The Morgan fingerprint density at radius 3 is 2.47 bits per heavy atom. The maximum atomic E-state index is 14.7. The summed E-state index contributed by atoms with van der Waals surface area (Å²) in [6, 6.07) is 12.0. The van der Waals surface area contributed by atoms with Gasteiger partial charge in [0.2, 0.25) is 5.95 Å². The number of ether oxygens (including phenoxy) is 1. The molecule has 1 aliphatic heterocycles. The van der Waals surface area contributed by atoms with Crippen molar-refractivity contribution >= 4 is 45.0 Å². The Morgan fingerprint density at radius 2 is 1.79 bits per heavy atom. The van der Waals surface area contributed by atoms with E-state index >= 15 is 0 Å². The number of para-hydroxylation sites is 1. The van der Waals surface area contributed by atoms with Gasteiger partial charge in [0.1, 0.15) is 12.1 Å². The molecule has 2 N–H and O–H groups in total. The van der Waals surface area contributed by atoms with E-state index in [1.54, 1.807) is 38.4 Å². The molecule has 0 unspecified atom stereocenters. The number of aromatic nitrogens is 2. The summed E-state index contributed by atoms with van der Waals surface area (Å²) in [6.07, 6.45) is 2.69. The summed E-state index contributed by atoms with van der Waals surface area (Å²) in [6.45, 7) is 8.60. The van der Waals surface area contributed by atoms with Crippen LogP contribution in [0.1, 0.15) is 27.7 Å². The second kappa shape index (κ2) is 11.2. The normalized spacial score (nSPS) is 13.8. The van der Waals surface area contributed by atoms with E-state index in [1.807, 2.05) is 49.0 Å². The number of rotatable bonds is 9. The van der Waals surface area contributed by atoms with E-state index in [1.165, 1.54) is 6.07 Å². The predicted octanol–water partition coefficient (Wildman–Crippen LogP) is 4.77. The highest BCUT2D eigenvalue weighted by atomic mass is 32.2. The Kier molecular flexibility index (Phi) is 8.00. The molecule has 0 amide bonds. The fraction of sp³-hybridized carbons (Fsp3) is 0.346. The van der Waals surface area contributed by atoms with E-state index in [4.69, 9.17) is 4.74 Å². The topological polar surface area (TPSA) is 112 Å². The van der Waals surface area contributed by atoms with Crippen LogP contribution in [0.15, 0.2) is 58.7 Å². The minimum atomic E-state index is -3.61. The van der Waals surface area contributed by atoms with Crippen LogP contribution in [-0.4, -0.2) is 61.2 Å². The van der Waals surface area contributed by atoms with Crippen molar-refractivity contribution in [1.82, 2.24) is 15.0 Å². The van der Waals surface area contributed by atoms with Crippen LogP contribution in [0.4, 0.5) is 33.2 Å². The second-order valence-corrected chi connectivity index (χ2v) is 11.9. The number of nitrogens with zero attached hydrogens (tertiary/aromatic N) is 5. The van der Waals surface area contributed by atoms with Gasteiger partial charge in [0.25, 0.3) is 0 Å². The Balaban J connectivity index is 1.63. The van der Waals surface area contributed by atoms with Crippen LogP contribution in [0.5, 0.6) is 5.75 Å². The molecule has 0 saturated heterocycles. The number of likely N-dealkylation sites (N-methyl/N-ethyl adjacent to an activating group) is 1. The summed E-state index contributed by atoms with van der Waals surface area (Å²) in [7, 11) is -1.69. The first-order chi connectivity index (χ1) is 18.0. The van der Waals surface area contributed by atoms with Crippen molar-refractivity contribution < 1.29 is 17.5 Å². The Bertz CT molecular complexity index is 1430. The van der Waals surface area contributed by atoms with E-state index in [-0.39, 0.29) is 28.5 Å². The third-order valence-corrected chi connectivity index (χ3v) is 7.98. The molecule has 0 radical (unpaired) electrons. The maximum absolute atomic E-state index is 14.7. The highest BCUT2D eigenvalue weighted by Crippen LogP contribution is 2.33. The minimum absolute atomic E-state index is 0.0678. The van der Waals surface area contributed by atoms with Gasteiger partial charge in [-0.2, -0.15) is 10.1 Å². The summed E-state index contributed by atoms with van der Waals surface area (Å²) in [5.41, 5.74) is 1.73. The number of hydrogen-bond donors (Lipinski definition) is 2. The Morgan fingerprint density at radius 1 is 1.03 bits per heavy atom. The third kappa shape index (κ3) is 6.13. The van der Waals surface area contributed by atoms with Crippen molar-refractivity contribution in [2.45, 2.75) is 43.9 Å². The quantitative estimate of drug-likeness (QED) is 0.396. The summed E-state index contributed by atoms with van der Waals surface area (Å²) < 4.78 is 46.4. The molecule has 0 atom stereocenters. The fourth-order valence-corrected chi connectivity index (χ4v) is 4.90. The molecule has 10 nitrogen and oxygen atoms in total. The van der Waals surface area contributed by atoms with Crippen molar-refractivity contribution in [2.24, 2.45) is 5.10 Å². The molecular formula is C26H32FN7O3S. The van der Waals surface area contributed by atoms with Crippen LogP contribution in [0.2, 0.25) is 0 Å². The Labute approximate surface area is 222 Å². The zero-order valence-electron chi connectivity index (χ0n) is 22.0. The minimum Gasteiger partial charge on any atom is -0.489 e. The van der Waals surface area contributed by atoms with E-state index in [0.717, 1.165) is 25.0 Å². The van der Waals surface area contributed by atoms with Gasteiger partial charge in [-0.25, -0.2) is 17.8 Å². The molecule has 12 heteroatoms. The first kappa shape index (κ1) is 27.1. The first-order valence-electron chi connectivity index (χ1n) is 12.3. The van der Waals surface area contributed by atoms with Gasteiger partial charge in [-0.15, -0.1) is 0 Å². The van der Waals surface area contributed by atoms with Crippen LogP contribution in [0, 0.1) is 5.82 Å². The smallest absolute Gasteiger partial charge is 0.229 e. The van der Waals surface area contributed by atoms with Gasteiger partial charge in [-0.3, -0.25) is 5.01 Å². The van der Waals surface area contributed by atoms with E-state index in [2.05, 4.69) is 25.7 Å². The number of sulfone groups is 1.